The molecule has 2 fully saturated rings. The molecule has 3 rings (SSSR count). The van der Waals surface area contributed by atoms with Crippen molar-refractivity contribution in [3.8, 4) is 0 Å². The van der Waals surface area contributed by atoms with Crippen molar-refractivity contribution in [3.63, 3.8) is 0 Å². The maximum atomic E-state index is 12.7. The van der Waals surface area contributed by atoms with Gasteiger partial charge in [0.15, 0.2) is 0 Å². The van der Waals surface area contributed by atoms with Crippen LogP contribution in [0.25, 0.3) is 0 Å². The van der Waals surface area contributed by atoms with E-state index in [2.05, 4.69) is 5.32 Å². The second kappa shape index (κ2) is 6.29. The number of carbonyl (C=O) groups is 2. The maximum Gasteiger partial charge on any atom is 0.317 e. The van der Waals surface area contributed by atoms with Crippen LogP contribution in [0.2, 0.25) is 0 Å². The maximum absolute atomic E-state index is 12.7. The van der Waals surface area contributed by atoms with Crippen molar-refractivity contribution >= 4 is 11.9 Å². The van der Waals surface area contributed by atoms with Gasteiger partial charge in [-0.25, -0.2) is 0 Å². The molecule has 0 saturated carbocycles. The Morgan fingerprint density at radius 2 is 1.91 bits per heavy atom. The van der Waals surface area contributed by atoms with Gasteiger partial charge in [0.25, 0.3) is 0 Å². The molecule has 0 aromatic heterocycles. The van der Waals surface area contributed by atoms with Gasteiger partial charge in [0.1, 0.15) is 0 Å². The topological polar surface area (TPSA) is 89.9 Å². The van der Waals surface area contributed by atoms with Crippen molar-refractivity contribution in [2.75, 3.05) is 19.6 Å². The third-order valence-corrected chi connectivity index (χ3v) is 5.08. The van der Waals surface area contributed by atoms with Crippen molar-refractivity contribution < 1.29 is 19.8 Å². The lowest BCUT2D eigenvalue weighted by molar-refractivity contribution is -0.145. The number of carboxylic acids is 1. The largest absolute Gasteiger partial charge is 0.480 e. The van der Waals surface area contributed by atoms with Crippen LogP contribution in [0.15, 0.2) is 30.3 Å². The number of amides is 1. The summed E-state index contributed by atoms with van der Waals surface area (Å²) in [6.07, 6.45) is 0.982. The summed E-state index contributed by atoms with van der Waals surface area (Å²) in [5.74, 6) is -0.871. The van der Waals surface area contributed by atoms with E-state index in [1.807, 2.05) is 35.2 Å². The van der Waals surface area contributed by atoms with Gasteiger partial charge >= 0.3 is 5.97 Å². The highest BCUT2D eigenvalue weighted by Gasteiger charge is 2.48. The van der Waals surface area contributed by atoms with Crippen molar-refractivity contribution in [1.82, 2.24) is 10.2 Å². The van der Waals surface area contributed by atoms with E-state index in [9.17, 15) is 14.7 Å². The summed E-state index contributed by atoms with van der Waals surface area (Å²) in [6, 6.07) is 9.13. The molecule has 3 N–H and O–H groups in total. The summed E-state index contributed by atoms with van der Waals surface area (Å²) in [6.45, 7) is 1.15. The third kappa shape index (κ3) is 3.23. The van der Waals surface area contributed by atoms with E-state index in [0.29, 0.717) is 32.4 Å². The molecule has 6 heteroatoms. The van der Waals surface area contributed by atoms with Crippen LogP contribution in [0.3, 0.4) is 0 Å². The van der Waals surface area contributed by atoms with E-state index >= 15 is 0 Å². The van der Waals surface area contributed by atoms with Gasteiger partial charge < -0.3 is 15.5 Å². The summed E-state index contributed by atoms with van der Waals surface area (Å²) in [4.78, 5) is 25.3. The lowest BCUT2D eigenvalue weighted by atomic mass is 9.69. The molecule has 1 amide bonds. The smallest absolute Gasteiger partial charge is 0.317 e. The number of piperidine rings is 2. The van der Waals surface area contributed by atoms with Gasteiger partial charge in [-0.1, -0.05) is 30.3 Å². The summed E-state index contributed by atoms with van der Waals surface area (Å²) >= 11 is 0. The molecule has 23 heavy (non-hydrogen) atoms. The molecule has 2 atom stereocenters. The Labute approximate surface area is 135 Å². The van der Waals surface area contributed by atoms with Crippen LogP contribution in [-0.4, -0.2) is 52.7 Å². The number of hydrogen-bond acceptors (Lipinski definition) is 4. The van der Waals surface area contributed by atoms with Crippen LogP contribution in [0.1, 0.15) is 30.9 Å². The SMILES string of the molecule is O=C(O)CN1CCC2(CC1)C[C@@H](O)[C@H](c1ccccc1)NC2=O. The fourth-order valence-corrected chi connectivity index (χ4v) is 3.73. The van der Waals surface area contributed by atoms with Gasteiger partial charge in [-0.3, -0.25) is 14.5 Å². The minimum atomic E-state index is -0.849. The molecule has 0 radical (unpaired) electrons. The van der Waals surface area contributed by atoms with Crippen LogP contribution in [0.5, 0.6) is 0 Å². The van der Waals surface area contributed by atoms with Crippen LogP contribution >= 0.6 is 0 Å². The van der Waals surface area contributed by atoms with Crippen LogP contribution < -0.4 is 5.32 Å². The molecule has 0 aliphatic carbocycles. The molecular formula is C17H22N2O4. The lowest BCUT2D eigenvalue weighted by Gasteiger charge is -2.46. The van der Waals surface area contributed by atoms with Crippen LogP contribution in [-0.2, 0) is 9.59 Å². The zero-order valence-corrected chi connectivity index (χ0v) is 12.9. The number of nitrogens with zero attached hydrogens (tertiary/aromatic N) is 1. The monoisotopic (exact) mass is 318 g/mol. The molecule has 2 heterocycles. The molecule has 1 aromatic rings. The average molecular weight is 318 g/mol. The van der Waals surface area contributed by atoms with Crippen LogP contribution in [0.4, 0.5) is 0 Å². The van der Waals surface area contributed by atoms with E-state index in [-0.39, 0.29) is 18.5 Å². The van der Waals surface area contributed by atoms with Gasteiger partial charge in [0.05, 0.1) is 24.1 Å². The minimum Gasteiger partial charge on any atom is -0.480 e. The Balaban J connectivity index is 1.68. The molecular weight excluding hydrogens is 296 g/mol. The highest BCUT2D eigenvalue weighted by molar-refractivity contribution is 5.84. The highest BCUT2D eigenvalue weighted by atomic mass is 16.4. The molecule has 0 unspecified atom stereocenters. The summed E-state index contributed by atoms with van der Waals surface area (Å²) in [5, 5.41) is 22.4. The van der Waals surface area contributed by atoms with Crippen molar-refractivity contribution in [2.24, 2.45) is 5.41 Å². The number of benzene rings is 1. The number of nitrogens with one attached hydrogen (secondary N) is 1. The number of hydrogen-bond donors (Lipinski definition) is 3. The van der Waals surface area contributed by atoms with E-state index in [0.717, 1.165) is 5.56 Å². The first-order chi connectivity index (χ1) is 11.0. The number of aliphatic hydroxyl groups excluding tert-OH is 1. The van der Waals surface area contributed by atoms with Gasteiger partial charge in [0, 0.05) is 0 Å². The predicted molar refractivity (Wildman–Crippen MR) is 83.7 cm³/mol. The van der Waals surface area contributed by atoms with E-state index in [4.69, 9.17) is 5.11 Å². The number of aliphatic carboxylic acids is 1. The number of rotatable bonds is 3. The van der Waals surface area contributed by atoms with Crippen molar-refractivity contribution in [1.29, 1.82) is 0 Å². The first kappa shape index (κ1) is 16.0. The molecule has 6 nitrogen and oxygen atoms in total. The van der Waals surface area contributed by atoms with E-state index in [1.165, 1.54) is 0 Å². The summed E-state index contributed by atoms with van der Waals surface area (Å²) in [7, 11) is 0. The highest BCUT2D eigenvalue weighted by Crippen LogP contribution is 2.42. The van der Waals surface area contributed by atoms with Gasteiger partial charge in [0.2, 0.25) is 5.91 Å². The fraction of sp³-hybridized carbons (Fsp3) is 0.529. The molecule has 2 aliphatic heterocycles. The minimum absolute atomic E-state index is 0.00684. The first-order valence-corrected chi connectivity index (χ1v) is 7.98. The zero-order valence-electron chi connectivity index (χ0n) is 12.9. The normalized spacial score (nSPS) is 27.6. The molecule has 2 saturated heterocycles. The quantitative estimate of drug-likeness (QED) is 0.766. The molecule has 1 aromatic carbocycles. The number of likely N-dealkylation sites (tertiary alicyclic amines) is 1. The second-order valence-corrected chi connectivity index (χ2v) is 6.58. The molecule has 124 valence electrons. The number of aliphatic hydroxyl groups is 1. The Kier molecular flexibility index (Phi) is 4.37. The van der Waals surface area contributed by atoms with E-state index < -0.39 is 17.5 Å². The van der Waals surface area contributed by atoms with E-state index in [1.54, 1.807) is 0 Å². The fourth-order valence-electron chi connectivity index (χ4n) is 3.73. The second-order valence-electron chi connectivity index (χ2n) is 6.58. The van der Waals surface area contributed by atoms with Crippen molar-refractivity contribution in [2.45, 2.75) is 31.4 Å². The Morgan fingerprint density at radius 3 is 2.52 bits per heavy atom. The third-order valence-electron chi connectivity index (χ3n) is 5.08. The zero-order chi connectivity index (χ0) is 16.4. The summed E-state index contributed by atoms with van der Waals surface area (Å²) in [5.41, 5.74) is 0.339. The average Bonchev–Trinajstić information content (AvgIpc) is 2.53. The van der Waals surface area contributed by atoms with Crippen LogP contribution in [0, 0.1) is 5.41 Å². The molecule has 2 aliphatic rings. The molecule has 0 bridgehead atoms. The summed E-state index contributed by atoms with van der Waals surface area (Å²) < 4.78 is 0. The Hall–Kier alpha value is -1.92. The van der Waals surface area contributed by atoms with Gasteiger partial charge in [-0.2, -0.15) is 0 Å². The first-order valence-electron chi connectivity index (χ1n) is 7.98. The van der Waals surface area contributed by atoms with Gasteiger partial charge in [-0.05, 0) is 37.9 Å². The van der Waals surface area contributed by atoms with Crippen molar-refractivity contribution in [3.05, 3.63) is 35.9 Å². The Morgan fingerprint density at radius 1 is 1.26 bits per heavy atom. The molecule has 1 spiro atoms. The predicted octanol–water partition coefficient (Wildman–Crippen LogP) is 0.775. The number of carboxylic acid groups (broad SMARTS) is 1. The standard InChI is InChI=1S/C17H22N2O4/c20-13-10-17(6-8-19(9-7-17)11-14(21)22)16(23)18-15(13)12-4-2-1-3-5-12/h1-5,13,15,20H,6-11H2,(H,18,23)(H,21,22)/t13-,15+/m1/s1. The van der Waals surface area contributed by atoms with Gasteiger partial charge in [-0.15, -0.1) is 0 Å². The lowest BCUT2D eigenvalue weighted by Crippen LogP contribution is -2.57. The number of carbonyl (C=O) groups excluding carboxylic acids is 1. The Bertz CT molecular complexity index is 582.